The predicted molar refractivity (Wildman–Crippen MR) is 123 cm³/mol. The van der Waals surface area contributed by atoms with Crippen LogP contribution in [0.4, 0.5) is 5.69 Å². The van der Waals surface area contributed by atoms with Crippen molar-refractivity contribution in [3.63, 3.8) is 0 Å². The van der Waals surface area contributed by atoms with Crippen LogP contribution in [-0.2, 0) is 17.6 Å². The highest BCUT2D eigenvalue weighted by atomic mass is 35.5. The summed E-state index contributed by atoms with van der Waals surface area (Å²) in [6.07, 6.45) is 5.02. The van der Waals surface area contributed by atoms with E-state index in [0.717, 1.165) is 42.4 Å². The zero-order valence-electron chi connectivity index (χ0n) is 18.0. The van der Waals surface area contributed by atoms with Gasteiger partial charge in [0.2, 0.25) is 0 Å². The molecule has 1 aliphatic heterocycles. The predicted octanol–water partition coefficient (Wildman–Crippen LogP) is 5.03. The Labute approximate surface area is 184 Å². The van der Waals surface area contributed by atoms with Gasteiger partial charge in [-0.25, -0.2) is 0 Å². The van der Waals surface area contributed by atoms with E-state index in [0.29, 0.717) is 19.5 Å². The van der Waals surface area contributed by atoms with Crippen LogP contribution in [0.2, 0.25) is 5.02 Å². The number of nitrogens with zero attached hydrogens (tertiary/aromatic N) is 2. The van der Waals surface area contributed by atoms with Gasteiger partial charge in [-0.1, -0.05) is 30.7 Å². The van der Waals surface area contributed by atoms with Crippen molar-refractivity contribution in [3.05, 3.63) is 58.1 Å². The van der Waals surface area contributed by atoms with Crippen molar-refractivity contribution in [1.29, 1.82) is 0 Å². The van der Waals surface area contributed by atoms with Crippen molar-refractivity contribution < 1.29 is 9.53 Å². The first kappa shape index (κ1) is 21.0. The number of ether oxygens (including phenoxy) is 1. The zero-order valence-corrected chi connectivity index (χ0v) is 18.8. The lowest BCUT2D eigenvalue weighted by Crippen LogP contribution is -2.52. The van der Waals surface area contributed by atoms with Crippen LogP contribution in [0.1, 0.15) is 42.9 Å². The SMILES string of the molecule is CC[C@@H](Oc1ccc2c(c1)CCCC2)C(=O)N1CCN(c2cc(Cl)ccc2C)CC1. The minimum atomic E-state index is -0.425. The van der Waals surface area contributed by atoms with Crippen LogP contribution in [0.15, 0.2) is 36.4 Å². The maximum atomic E-state index is 13.1. The fourth-order valence-electron chi connectivity index (χ4n) is 4.55. The molecule has 1 heterocycles. The normalized spacial score (nSPS) is 17.4. The van der Waals surface area contributed by atoms with Gasteiger partial charge in [0.1, 0.15) is 5.75 Å². The molecule has 0 unspecified atom stereocenters. The topological polar surface area (TPSA) is 32.8 Å². The molecule has 160 valence electrons. The Hall–Kier alpha value is -2.20. The summed E-state index contributed by atoms with van der Waals surface area (Å²) in [6, 6.07) is 12.3. The number of amides is 1. The van der Waals surface area contributed by atoms with E-state index in [-0.39, 0.29) is 5.91 Å². The Morgan fingerprint density at radius 3 is 2.50 bits per heavy atom. The van der Waals surface area contributed by atoms with E-state index in [2.05, 4.69) is 30.0 Å². The van der Waals surface area contributed by atoms with Gasteiger partial charge in [0.05, 0.1) is 0 Å². The monoisotopic (exact) mass is 426 g/mol. The molecule has 1 atom stereocenters. The molecule has 0 bridgehead atoms. The Kier molecular flexibility index (Phi) is 6.52. The molecule has 4 rings (SSSR count). The van der Waals surface area contributed by atoms with Gasteiger partial charge in [-0.3, -0.25) is 4.79 Å². The summed E-state index contributed by atoms with van der Waals surface area (Å²) in [5, 5.41) is 0.749. The van der Waals surface area contributed by atoms with E-state index in [1.54, 1.807) is 0 Å². The van der Waals surface area contributed by atoms with Crippen LogP contribution in [0.25, 0.3) is 0 Å². The minimum absolute atomic E-state index is 0.0951. The molecule has 2 aromatic rings. The molecule has 4 nitrogen and oxygen atoms in total. The summed E-state index contributed by atoms with van der Waals surface area (Å²) in [4.78, 5) is 17.4. The van der Waals surface area contributed by atoms with Gasteiger partial charge in [0, 0.05) is 36.9 Å². The molecular formula is C25H31ClN2O2. The number of piperazine rings is 1. The third-order valence-electron chi connectivity index (χ3n) is 6.35. The number of benzene rings is 2. The zero-order chi connectivity index (χ0) is 21.1. The molecule has 1 fully saturated rings. The van der Waals surface area contributed by atoms with Crippen LogP contribution in [0.3, 0.4) is 0 Å². The molecule has 2 aromatic carbocycles. The van der Waals surface area contributed by atoms with E-state index in [4.69, 9.17) is 16.3 Å². The summed E-state index contributed by atoms with van der Waals surface area (Å²) in [6.45, 7) is 7.14. The average Bonchev–Trinajstić information content (AvgIpc) is 2.78. The van der Waals surface area contributed by atoms with E-state index < -0.39 is 6.10 Å². The third kappa shape index (κ3) is 4.59. The second-order valence-corrected chi connectivity index (χ2v) is 8.83. The molecule has 0 saturated carbocycles. The molecule has 0 aromatic heterocycles. The van der Waals surface area contributed by atoms with Crippen molar-refractivity contribution in [1.82, 2.24) is 4.90 Å². The molecule has 0 radical (unpaired) electrons. The van der Waals surface area contributed by atoms with E-state index in [1.165, 1.54) is 29.5 Å². The second kappa shape index (κ2) is 9.30. The summed E-state index contributed by atoms with van der Waals surface area (Å²) < 4.78 is 6.17. The molecule has 0 spiro atoms. The smallest absolute Gasteiger partial charge is 0.263 e. The third-order valence-corrected chi connectivity index (χ3v) is 6.58. The lowest BCUT2D eigenvalue weighted by Gasteiger charge is -2.38. The number of fused-ring (bicyclic) bond motifs is 1. The number of carbonyl (C=O) groups is 1. The van der Waals surface area contributed by atoms with E-state index in [1.807, 2.05) is 30.0 Å². The summed E-state index contributed by atoms with van der Waals surface area (Å²) in [5.41, 5.74) is 5.18. The maximum Gasteiger partial charge on any atom is 0.263 e. The average molecular weight is 427 g/mol. The number of hydrogen-bond donors (Lipinski definition) is 0. The number of halogens is 1. The number of hydrogen-bond acceptors (Lipinski definition) is 3. The Balaban J connectivity index is 1.38. The molecule has 1 aliphatic carbocycles. The Morgan fingerprint density at radius 2 is 1.77 bits per heavy atom. The highest BCUT2D eigenvalue weighted by Gasteiger charge is 2.28. The molecule has 5 heteroatoms. The molecule has 0 N–H and O–H groups in total. The van der Waals surface area contributed by atoms with E-state index in [9.17, 15) is 4.79 Å². The van der Waals surface area contributed by atoms with Gasteiger partial charge < -0.3 is 14.5 Å². The fourth-order valence-corrected chi connectivity index (χ4v) is 4.72. The van der Waals surface area contributed by atoms with Gasteiger partial charge in [-0.15, -0.1) is 0 Å². The van der Waals surface area contributed by atoms with Gasteiger partial charge >= 0.3 is 0 Å². The Bertz CT molecular complexity index is 906. The first-order chi connectivity index (χ1) is 14.5. The summed E-state index contributed by atoms with van der Waals surface area (Å²) in [5.74, 6) is 0.918. The van der Waals surface area contributed by atoms with Crippen LogP contribution in [0.5, 0.6) is 5.75 Å². The van der Waals surface area contributed by atoms with Gasteiger partial charge in [-0.2, -0.15) is 0 Å². The largest absolute Gasteiger partial charge is 0.481 e. The van der Waals surface area contributed by atoms with Crippen molar-refractivity contribution in [2.24, 2.45) is 0 Å². The molecule has 1 saturated heterocycles. The maximum absolute atomic E-state index is 13.1. The van der Waals surface area contributed by atoms with Crippen molar-refractivity contribution in [2.45, 2.75) is 52.1 Å². The first-order valence-electron chi connectivity index (χ1n) is 11.1. The lowest BCUT2D eigenvalue weighted by atomic mass is 9.92. The molecular weight excluding hydrogens is 396 g/mol. The highest BCUT2D eigenvalue weighted by Crippen LogP contribution is 2.28. The van der Waals surface area contributed by atoms with Gasteiger partial charge in [0.25, 0.3) is 5.91 Å². The van der Waals surface area contributed by atoms with Crippen LogP contribution < -0.4 is 9.64 Å². The van der Waals surface area contributed by atoms with Crippen LogP contribution >= 0.6 is 11.6 Å². The van der Waals surface area contributed by atoms with Crippen molar-refractivity contribution >= 4 is 23.2 Å². The quantitative estimate of drug-likeness (QED) is 0.671. The highest BCUT2D eigenvalue weighted by molar-refractivity contribution is 6.30. The van der Waals surface area contributed by atoms with Crippen LogP contribution in [-0.4, -0.2) is 43.1 Å². The molecule has 1 amide bonds. The van der Waals surface area contributed by atoms with Gasteiger partial charge in [-0.05, 0) is 80.0 Å². The second-order valence-electron chi connectivity index (χ2n) is 8.40. The standard InChI is InChI=1S/C25H31ClN2O2/c1-3-24(30-22-11-9-19-6-4-5-7-20(19)16-22)25(29)28-14-12-27(13-15-28)23-17-21(26)10-8-18(23)2/h8-11,16-17,24H,3-7,12-15H2,1-2H3/t24-/m1/s1. The molecule has 30 heavy (non-hydrogen) atoms. The lowest BCUT2D eigenvalue weighted by molar-refractivity contribution is -0.139. The van der Waals surface area contributed by atoms with E-state index >= 15 is 0 Å². The fraction of sp³-hybridized carbons (Fsp3) is 0.480. The minimum Gasteiger partial charge on any atom is -0.481 e. The number of aryl methyl sites for hydroxylation is 3. The Morgan fingerprint density at radius 1 is 1.03 bits per heavy atom. The number of rotatable bonds is 5. The van der Waals surface area contributed by atoms with Crippen LogP contribution in [0, 0.1) is 6.92 Å². The number of carbonyl (C=O) groups excluding carboxylic acids is 1. The number of anilines is 1. The van der Waals surface area contributed by atoms with Crippen molar-refractivity contribution in [2.75, 3.05) is 31.1 Å². The summed E-state index contributed by atoms with van der Waals surface area (Å²) in [7, 11) is 0. The first-order valence-corrected chi connectivity index (χ1v) is 11.5. The van der Waals surface area contributed by atoms with Crippen molar-refractivity contribution in [3.8, 4) is 5.75 Å². The van der Waals surface area contributed by atoms with Gasteiger partial charge in [0.15, 0.2) is 6.10 Å². The summed E-state index contributed by atoms with van der Waals surface area (Å²) >= 11 is 6.19. The molecule has 2 aliphatic rings.